The number of aromatic nitrogens is 1. The number of rotatable bonds is 7. The van der Waals surface area contributed by atoms with Crippen molar-refractivity contribution in [1.29, 1.82) is 0 Å². The zero-order chi connectivity index (χ0) is 19.1. The molecular weight excluding hydrogens is 340 g/mol. The van der Waals surface area contributed by atoms with Gasteiger partial charge in [0.05, 0.1) is 14.2 Å². The van der Waals surface area contributed by atoms with Crippen molar-refractivity contribution in [3.8, 4) is 22.8 Å². The molecule has 0 aliphatic heterocycles. The van der Waals surface area contributed by atoms with E-state index >= 15 is 0 Å². The number of benzene rings is 2. The second-order valence-corrected chi connectivity index (χ2v) is 6.02. The van der Waals surface area contributed by atoms with Gasteiger partial charge in [-0.25, -0.2) is 4.98 Å². The van der Waals surface area contributed by atoms with Crippen LogP contribution in [0, 0.1) is 0 Å². The predicted octanol–water partition coefficient (Wildman–Crippen LogP) is 3.74. The van der Waals surface area contributed by atoms with Crippen LogP contribution in [0.1, 0.15) is 15.9 Å². The number of methoxy groups -OCH3 is 2. The third kappa shape index (κ3) is 4.85. The smallest absolute Gasteiger partial charge is 0.251 e. The number of ether oxygens (including phenoxy) is 2. The third-order valence-corrected chi connectivity index (χ3v) is 4.26. The molecule has 27 heavy (non-hydrogen) atoms. The van der Waals surface area contributed by atoms with Gasteiger partial charge in [0.15, 0.2) is 0 Å². The maximum atomic E-state index is 12.5. The molecule has 0 aliphatic carbocycles. The molecule has 1 N–H and O–H groups in total. The van der Waals surface area contributed by atoms with Crippen LogP contribution in [0.2, 0.25) is 0 Å². The van der Waals surface area contributed by atoms with Gasteiger partial charge in [-0.2, -0.15) is 0 Å². The number of hydrogen-bond acceptors (Lipinski definition) is 4. The van der Waals surface area contributed by atoms with Crippen LogP contribution < -0.4 is 14.8 Å². The van der Waals surface area contributed by atoms with E-state index in [1.54, 1.807) is 26.5 Å². The molecule has 0 atom stereocenters. The molecule has 5 nitrogen and oxygen atoms in total. The summed E-state index contributed by atoms with van der Waals surface area (Å²) < 4.78 is 10.2. The SMILES string of the molecule is COc1ccc(CCNC(=O)c2cccc(-c3ccc(OC)nc3)c2)cc1. The molecule has 1 heterocycles. The van der Waals surface area contributed by atoms with Gasteiger partial charge in [-0.1, -0.05) is 24.3 Å². The van der Waals surface area contributed by atoms with E-state index < -0.39 is 0 Å². The molecule has 0 saturated heterocycles. The first-order chi connectivity index (χ1) is 13.2. The van der Waals surface area contributed by atoms with Crippen molar-refractivity contribution in [1.82, 2.24) is 10.3 Å². The predicted molar refractivity (Wildman–Crippen MR) is 105 cm³/mol. The summed E-state index contributed by atoms with van der Waals surface area (Å²) in [4.78, 5) is 16.7. The fourth-order valence-electron chi connectivity index (χ4n) is 2.73. The normalized spacial score (nSPS) is 10.3. The summed E-state index contributed by atoms with van der Waals surface area (Å²) in [5.74, 6) is 1.30. The number of pyridine rings is 1. The average Bonchev–Trinajstić information content (AvgIpc) is 2.74. The van der Waals surface area contributed by atoms with Crippen molar-refractivity contribution in [2.75, 3.05) is 20.8 Å². The highest BCUT2D eigenvalue weighted by Gasteiger charge is 2.07. The second kappa shape index (κ2) is 8.85. The van der Waals surface area contributed by atoms with Gasteiger partial charge in [0.1, 0.15) is 5.75 Å². The van der Waals surface area contributed by atoms with Crippen LogP contribution in [-0.2, 0) is 6.42 Å². The van der Waals surface area contributed by atoms with Crippen LogP contribution >= 0.6 is 0 Å². The molecule has 3 rings (SSSR count). The Hall–Kier alpha value is -3.34. The Labute approximate surface area is 159 Å². The summed E-state index contributed by atoms with van der Waals surface area (Å²) in [6, 6.07) is 19.1. The molecule has 2 aromatic carbocycles. The van der Waals surface area contributed by atoms with Gasteiger partial charge in [0.2, 0.25) is 5.88 Å². The van der Waals surface area contributed by atoms with Crippen LogP contribution in [0.5, 0.6) is 11.6 Å². The van der Waals surface area contributed by atoms with Gasteiger partial charge in [0, 0.05) is 29.9 Å². The molecule has 5 heteroatoms. The largest absolute Gasteiger partial charge is 0.497 e. The Bertz CT molecular complexity index is 890. The Balaban J connectivity index is 1.60. The van der Waals surface area contributed by atoms with E-state index in [1.165, 1.54) is 0 Å². The van der Waals surface area contributed by atoms with E-state index in [-0.39, 0.29) is 5.91 Å². The van der Waals surface area contributed by atoms with Crippen molar-refractivity contribution >= 4 is 5.91 Å². The Morgan fingerprint density at radius 2 is 1.78 bits per heavy atom. The monoisotopic (exact) mass is 362 g/mol. The topological polar surface area (TPSA) is 60.5 Å². The van der Waals surface area contributed by atoms with E-state index in [2.05, 4.69) is 10.3 Å². The maximum Gasteiger partial charge on any atom is 0.251 e. The molecule has 0 aliphatic rings. The number of hydrogen-bond donors (Lipinski definition) is 1. The van der Waals surface area contributed by atoms with Gasteiger partial charge in [0.25, 0.3) is 5.91 Å². The van der Waals surface area contributed by atoms with Crippen molar-refractivity contribution in [3.63, 3.8) is 0 Å². The van der Waals surface area contributed by atoms with Crippen LogP contribution in [0.4, 0.5) is 0 Å². The van der Waals surface area contributed by atoms with Crippen LogP contribution in [0.15, 0.2) is 66.9 Å². The maximum absolute atomic E-state index is 12.5. The highest BCUT2D eigenvalue weighted by molar-refractivity contribution is 5.95. The quantitative estimate of drug-likeness (QED) is 0.696. The molecule has 0 saturated carbocycles. The molecular formula is C22H22N2O3. The van der Waals surface area contributed by atoms with Crippen molar-refractivity contribution in [2.24, 2.45) is 0 Å². The van der Waals surface area contributed by atoms with Gasteiger partial charge in [-0.05, 0) is 47.9 Å². The molecule has 1 aromatic heterocycles. The van der Waals surface area contributed by atoms with E-state index in [9.17, 15) is 4.79 Å². The van der Waals surface area contributed by atoms with E-state index in [1.807, 2.05) is 54.6 Å². The molecule has 0 radical (unpaired) electrons. The van der Waals surface area contributed by atoms with E-state index in [0.29, 0.717) is 18.0 Å². The highest BCUT2D eigenvalue weighted by Crippen LogP contribution is 2.21. The number of carbonyl (C=O) groups excluding carboxylic acids is 1. The lowest BCUT2D eigenvalue weighted by Gasteiger charge is -2.08. The zero-order valence-corrected chi connectivity index (χ0v) is 15.4. The van der Waals surface area contributed by atoms with Gasteiger partial charge < -0.3 is 14.8 Å². The molecule has 0 bridgehead atoms. The summed E-state index contributed by atoms with van der Waals surface area (Å²) >= 11 is 0. The minimum Gasteiger partial charge on any atom is -0.497 e. The first kappa shape index (κ1) is 18.5. The molecule has 1 amide bonds. The standard InChI is InChI=1S/C22H22N2O3/c1-26-20-9-6-16(7-10-20)12-13-23-22(25)18-5-3-4-17(14-18)19-8-11-21(27-2)24-15-19/h3-11,14-15H,12-13H2,1-2H3,(H,23,25). The minimum absolute atomic E-state index is 0.0909. The first-order valence-corrected chi connectivity index (χ1v) is 8.71. The summed E-state index contributed by atoms with van der Waals surface area (Å²) in [5.41, 5.74) is 3.64. The fourth-order valence-corrected chi connectivity index (χ4v) is 2.73. The van der Waals surface area contributed by atoms with Gasteiger partial charge in [-0.3, -0.25) is 4.79 Å². The minimum atomic E-state index is -0.0909. The number of nitrogens with one attached hydrogen (secondary N) is 1. The zero-order valence-electron chi connectivity index (χ0n) is 15.4. The third-order valence-electron chi connectivity index (χ3n) is 4.26. The van der Waals surface area contributed by atoms with Crippen molar-refractivity contribution < 1.29 is 14.3 Å². The number of amides is 1. The van der Waals surface area contributed by atoms with Crippen LogP contribution in [0.3, 0.4) is 0 Å². The second-order valence-electron chi connectivity index (χ2n) is 6.02. The summed E-state index contributed by atoms with van der Waals surface area (Å²) in [5, 5.41) is 2.97. The van der Waals surface area contributed by atoms with E-state index in [4.69, 9.17) is 9.47 Å². The van der Waals surface area contributed by atoms with Gasteiger partial charge >= 0.3 is 0 Å². The first-order valence-electron chi connectivity index (χ1n) is 8.71. The summed E-state index contributed by atoms with van der Waals surface area (Å²) in [7, 11) is 3.23. The molecule has 0 unspecified atom stereocenters. The van der Waals surface area contributed by atoms with Crippen molar-refractivity contribution in [3.05, 3.63) is 78.0 Å². The van der Waals surface area contributed by atoms with Crippen LogP contribution in [0.25, 0.3) is 11.1 Å². The summed E-state index contributed by atoms with van der Waals surface area (Å²) in [6.07, 6.45) is 2.50. The van der Waals surface area contributed by atoms with Crippen molar-refractivity contribution in [2.45, 2.75) is 6.42 Å². The number of carbonyl (C=O) groups is 1. The molecule has 3 aromatic rings. The van der Waals surface area contributed by atoms with Gasteiger partial charge in [-0.15, -0.1) is 0 Å². The lowest BCUT2D eigenvalue weighted by atomic mass is 10.0. The molecule has 0 spiro atoms. The Morgan fingerprint density at radius 1 is 0.963 bits per heavy atom. The molecule has 138 valence electrons. The lowest BCUT2D eigenvalue weighted by molar-refractivity contribution is 0.0954. The van der Waals surface area contributed by atoms with Crippen LogP contribution in [-0.4, -0.2) is 31.7 Å². The highest BCUT2D eigenvalue weighted by atomic mass is 16.5. The number of nitrogens with zero attached hydrogens (tertiary/aromatic N) is 1. The summed E-state index contributed by atoms with van der Waals surface area (Å²) in [6.45, 7) is 0.569. The lowest BCUT2D eigenvalue weighted by Crippen LogP contribution is -2.25. The fraction of sp³-hybridized carbons (Fsp3) is 0.182. The van der Waals surface area contributed by atoms with E-state index in [0.717, 1.165) is 28.9 Å². The average molecular weight is 362 g/mol. The Kier molecular flexibility index (Phi) is 6.05. The molecule has 0 fully saturated rings. The Morgan fingerprint density at radius 3 is 2.44 bits per heavy atom.